The summed E-state index contributed by atoms with van der Waals surface area (Å²) in [5, 5.41) is 8.98. The molecule has 1 atom stereocenters. The van der Waals surface area contributed by atoms with Gasteiger partial charge in [0.2, 0.25) is 0 Å². The maximum Gasteiger partial charge on any atom is 0.191 e. The maximum absolute atomic E-state index is 5.87. The molecule has 3 rings (SSSR count). The van der Waals surface area contributed by atoms with Crippen LogP contribution < -0.4 is 10.6 Å². The standard InChI is InChI=1S/C22H38N4O3S/c1-2-23-22(24-8-4-11-29-18-19-6-12-27-13-7-19)25-17-20(21-5-3-16-30-21)26-9-14-28-15-10-26/h3,5,16,19-20H,2,4,6-15,17-18H2,1H3,(H2,23,24,25). The van der Waals surface area contributed by atoms with Crippen LogP contribution in [0, 0.1) is 5.92 Å². The molecule has 2 N–H and O–H groups in total. The number of rotatable bonds is 11. The van der Waals surface area contributed by atoms with E-state index in [4.69, 9.17) is 19.2 Å². The first-order valence-corrected chi connectivity index (χ1v) is 12.3. The highest BCUT2D eigenvalue weighted by Crippen LogP contribution is 2.26. The van der Waals surface area contributed by atoms with Crippen molar-refractivity contribution in [3.8, 4) is 0 Å². The summed E-state index contributed by atoms with van der Waals surface area (Å²) in [6.45, 7) is 11.5. The van der Waals surface area contributed by atoms with Gasteiger partial charge in [-0.3, -0.25) is 9.89 Å². The van der Waals surface area contributed by atoms with Gasteiger partial charge < -0.3 is 24.8 Å². The van der Waals surface area contributed by atoms with Crippen LogP contribution in [-0.2, 0) is 14.2 Å². The Morgan fingerprint density at radius 2 is 2.03 bits per heavy atom. The SMILES string of the molecule is CCNC(=NCC(c1cccs1)N1CCOCC1)NCCCOCC1CCOCC1. The van der Waals surface area contributed by atoms with Crippen LogP contribution in [0.5, 0.6) is 0 Å². The van der Waals surface area contributed by atoms with Crippen LogP contribution in [0.2, 0.25) is 0 Å². The first kappa shape index (κ1) is 23.5. The zero-order chi connectivity index (χ0) is 20.9. The second kappa shape index (κ2) is 14.0. The number of aliphatic imine (C=N–C) groups is 1. The lowest BCUT2D eigenvalue weighted by molar-refractivity contribution is 0.0186. The Hall–Kier alpha value is -1.19. The van der Waals surface area contributed by atoms with Crippen molar-refractivity contribution >= 4 is 17.3 Å². The molecule has 170 valence electrons. The van der Waals surface area contributed by atoms with E-state index in [-0.39, 0.29) is 0 Å². The molecule has 0 aliphatic carbocycles. The second-order valence-electron chi connectivity index (χ2n) is 7.81. The fourth-order valence-electron chi connectivity index (χ4n) is 3.82. The number of hydrogen-bond acceptors (Lipinski definition) is 6. The minimum Gasteiger partial charge on any atom is -0.381 e. The third kappa shape index (κ3) is 8.15. The third-order valence-electron chi connectivity index (χ3n) is 5.58. The molecule has 0 bridgehead atoms. The van der Waals surface area contributed by atoms with Crippen LogP contribution in [0.15, 0.2) is 22.5 Å². The first-order chi connectivity index (χ1) is 14.9. The lowest BCUT2D eigenvalue weighted by atomic mass is 10.0. The van der Waals surface area contributed by atoms with Crippen molar-refractivity contribution in [2.75, 3.05) is 72.4 Å². The van der Waals surface area contributed by atoms with E-state index in [0.29, 0.717) is 12.0 Å². The molecule has 7 nitrogen and oxygen atoms in total. The van der Waals surface area contributed by atoms with Crippen LogP contribution >= 0.6 is 11.3 Å². The fourth-order valence-corrected chi connectivity index (χ4v) is 4.67. The predicted molar refractivity (Wildman–Crippen MR) is 122 cm³/mol. The van der Waals surface area contributed by atoms with Gasteiger partial charge in [0.1, 0.15) is 0 Å². The normalized spacial score (nSPS) is 20.2. The molecule has 1 aromatic rings. The Morgan fingerprint density at radius 1 is 1.23 bits per heavy atom. The molecule has 0 amide bonds. The van der Waals surface area contributed by atoms with E-state index in [1.807, 2.05) is 11.3 Å². The lowest BCUT2D eigenvalue weighted by Crippen LogP contribution is -2.41. The summed E-state index contributed by atoms with van der Waals surface area (Å²) in [5.74, 6) is 1.55. The average Bonchev–Trinajstić information content (AvgIpc) is 3.32. The van der Waals surface area contributed by atoms with E-state index in [1.54, 1.807) is 0 Å². The van der Waals surface area contributed by atoms with Crippen molar-refractivity contribution in [2.24, 2.45) is 10.9 Å². The topological polar surface area (TPSA) is 67.4 Å². The summed E-state index contributed by atoms with van der Waals surface area (Å²) in [6, 6.07) is 4.66. The molecule has 2 fully saturated rings. The van der Waals surface area contributed by atoms with Crippen molar-refractivity contribution in [1.82, 2.24) is 15.5 Å². The smallest absolute Gasteiger partial charge is 0.191 e. The number of ether oxygens (including phenoxy) is 3. The van der Waals surface area contributed by atoms with Gasteiger partial charge in [-0.2, -0.15) is 0 Å². The molecule has 2 saturated heterocycles. The van der Waals surface area contributed by atoms with Gasteiger partial charge >= 0.3 is 0 Å². The van der Waals surface area contributed by atoms with Crippen molar-refractivity contribution in [1.29, 1.82) is 0 Å². The molecule has 0 radical (unpaired) electrons. The molecular weight excluding hydrogens is 400 g/mol. The van der Waals surface area contributed by atoms with E-state index in [9.17, 15) is 0 Å². The van der Waals surface area contributed by atoms with Gasteiger partial charge in [0.15, 0.2) is 5.96 Å². The summed E-state index contributed by atoms with van der Waals surface area (Å²) in [4.78, 5) is 8.77. The van der Waals surface area contributed by atoms with Crippen molar-refractivity contribution < 1.29 is 14.2 Å². The summed E-state index contributed by atoms with van der Waals surface area (Å²) in [5.41, 5.74) is 0. The Balaban J connectivity index is 1.41. The average molecular weight is 439 g/mol. The third-order valence-corrected chi connectivity index (χ3v) is 6.55. The quantitative estimate of drug-likeness (QED) is 0.314. The van der Waals surface area contributed by atoms with Crippen LogP contribution in [0.1, 0.15) is 37.1 Å². The van der Waals surface area contributed by atoms with Gasteiger partial charge in [0.05, 0.1) is 25.8 Å². The van der Waals surface area contributed by atoms with E-state index < -0.39 is 0 Å². The van der Waals surface area contributed by atoms with Crippen molar-refractivity contribution in [2.45, 2.75) is 32.2 Å². The Morgan fingerprint density at radius 3 is 2.77 bits per heavy atom. The number of thiophene rings is 1. The van der Waals surface area contributed by atoms with Gasteiger partial charge in [-0.25, -0.2) is 0 Å². The Kier molecular flexibility index (Phi) is 10.9. The molecule has 8 heteroatoms. The lowest BCUT2D eigenvalue weighted by Gasteiger charge is -2.33. The highest BCUT2D eigenvalue weighted by molar-refractivity contribution is 7.10. The summed E-state index contributed by atoms with van der Waals surface area (Å²) < 4.78 is 16.8. The molecule has 0 spiro atoms. The molecule has 2 aliphatic heterocycles. The largest absolute Gasteiger partial charge is 0.381 e. The van der Waals surface area contributed by atoms with Crippen LogP contribution in [0.3, 0.4) is 0 Å². The first-order valence-electron chi connectivity index (χ1n) is 11.4. The minimum atomic E-state index is 0.312. The van der Waals surface area contributed by atoms with E-state index in [0.717, 1.165) is 97.6 Å². The van der Waals surface area contributed by atoms with Crippen LogP contribution in [0.4, 0.5) is 0 Å². The van der Waals surface area contributed by atoms with Crippen molar-refractivity contribution in [3.05, 3.63) is 22.4 Å². The molecule has 3 heterocycles. The number of nitrogens with one attached hydrogen (secondary N) is 2. The molecule has 0 aromatic carbocycles. The highest BCUT2D eigenvalue weighted by atomic mass is 32.1. The number of guanidine groups is 1. The summed E-state index contributed by atoms with van der Waals surface area (Å²) in [6.07, 6.45) is 3.24. The maximum atomic E-state index is 5.87. The van der Waals surface area contributed by atoms with Gasteiger partial charge in [0.25, 0.3) is 0 Å². The monoisotopic (exact) mass is 438 g/mol. The number of nitrogens with zero attached hydrogens (tertiary/aromatic N) is 2. The molecule has 2 aliphatic rings. The van der Waals surface area contributed by atoms with Crippen LogP contribution in [-0.4, -0.2) is 83.2 Å². The predicted octanol–water partition coefficient (Wildman–Crippen LogP) is 2.51. The molecule has 1 aromatic heterocycles. The van der Waals surface area contributed by atoms with E-state index >= 15 is 0 Å². The summed E-state index contributed by atoms with van der Waals surface area (Å²) >= 11 is 1.81. The van der Waals surface area contributed by atoms with Gasteiger partial charge in [-0.1, -0.05) is 6.07 Å². The number of morpholine rings is 1. The van der Waals surface area contributed by atoms with Gasteiger partial charge in [-0.15, -0.1) is 11.3 Å². The zero-order valence-electron chi connectivity index (χ0n) is 18.3. The molecule has 1 unspecified atom stereocenters. The highest BCUT2D eigenvalue weighted by Gasteiger charge is 2.23. The van der Waals surface area contributed by atoms with E-state index in [1.165, 1.54) is 4.88 Å². The number of hydrogen-bond donors (Lipinski definition) is 2. The fraction of sp³-hybridized carbons (Fsp3) is 0.773. The van der Waals surface area contributed by atoms with E-state index in [2.05, 4.69) is 40.0 Å². The minimum absolute atomic E-state index is 0.312. The molecule has 30 heavy (non-hydrogen) atoms. The zero-order valence-corrected chi connectivity index (χ0v) is 19.1. The van der Waals surface area contributed by atoms with Crippen molar-refractivity contribution in [3.63, 3.8) is 0 Å². The molecule has 0 saturated carbocycles. The Bertz CT molecular complexity index is 587. The summed E-state index contributed by atoms with van der Waals surface area (Å²) in [7, 11) is 0. The van der Waals surface area contributed by atoms with Gasteiger partial charge in [-0.05, 0) is 43.6 Å². The molecular formula is C22H38N4O3S. The van der Waals surface area contributed by atoms with Crippen LogP contribution in [0.25, 0.3) is 0 Å². The Labute approximate surface area is 185 Å². The second-order valence-corrected chi connectivity index (χ2v) is 8.79. The van der Waals surface area contributed by atoms with Gasteiger partial charge in [0, 0.05) is 57.5 Å².